The van der Waals surface area contributed by atoms with Gasteiger partial charge in [-0.3, -0.25) is 0 Å². The Morgan fingerprint density at radius 1 is 1.20 bits per heavy atom. The fourth-order valence-electron chi connectivity index (χ4n) is 3.84. The molecule has 3 rings (SSSR count). The third kappa shape index (κ3) is 2.91. The molecule has 2 aliphatic rings. The normalized spacial score (nSPS) is 24.6. The monoisotopic (exact) mass is 273 g/mol. The fraction of sp³-hybridized carbons (Fsp3) is 0.667. The average molecular weight is 273 g/mol. The van der Waals surface area contributed by atoms with Crippen molar-refractivity contribution in [1.82, 2.24) is 5.32 Å². The van der Waals surface area contributed by atoms with E-state index in [1.807, 2.05) is 0 Å². The maximum Gasteiger partial charge on any atom is 0.0835 e. The molecule has 0 heterocycles. The molecule has 0 amide bonds. The molecule has 110 valence electrons. The quantitative estimate of drug-likeness (QED) is 0.875. The number of hydrogen-bond acceptors (Lipinski definition) is 2. The van der Waals surface area contributed by atoms with Gasteiger partial charge in [-0.1, -0.05) is 44.0 Å². The Morgan fingerprint density at radius 2 is 2.00 bits per heavy atom. The van der Waals surface area contributed by atoms with E-state index < -0.39 is 0 Å². The maximum absolute atomic E-state index is 6.71. The lowest BCUT2D eigenvalue weighted by Crippen LogP contribution is -2.42. The molecule has 20 heavy (non-hydrogen) atoms. The predicted molar refractivity (Wildman–Crippen MR) is 82.9 cm³/mol. The van der Waals surface area contributed by atoms with E-state index in [1.54, 1.807) is 0 Å². The number of fused-ring (bicyclic) bond motifs is 1. The van der Waals surface area contributed by atoms with Gasteiger partial charge in [0.15, 0.2) is 0 Å². The number of ether oxygens (including phenoxy) is 1. The molecule has 1 saturated carbocycles. The van der Waals surface area contributed by atoms with Crippen LogP contribution in [0.15, 0.2) is 24.3 Å². The minimum Gasteiger partial charge on any atom is -0.366 e. The third-order valence-electron chi connectivity index (χ3n) is 4.92. The summed E-state index contributed by atoms with van der Waals surface area (Å²) in [7, 11) is 0. The molecule has 0 spiro atoms. The summed E-state index contributed by atoms with van der Waals surface area (Å²) >= 11 is 0. The van der Waals surface area contributed by atoms with Gasteiger partial charge in [0.2, 0.25) is 0 Å². The van der Waals surface area contributed by atoms with Crippen LogP contribution in [0.5, 0.6) is 0 Å². The first-order valence-electron chi connectivity index (χ1n) is 8.29. The molecule has 0 saturated heterocycles. The number of nitrogens with one attached hydrogen (secondary N) is 1. The van der Waals surface area contributed by atoms with E-state index in [4.69, 9.17) is 4.74 Å². The molecule has 0 aromatic heterocycles. The largest absolute Gasteiger partial charge is 0.366 e. The highest BCUT2D eigenvalue weighted by molar-refractivity contribution is 5.31. The first-order valence-corrected chi connectivity index (χ1v) is 8.29. The summed E-state index contributed by atoms with van der Waals surface area (Å²) in [5.41, 5.74) is 3.03. The van der Waals surface area contributed by atoms with Gasteiger partial charge in [-0.25, -0.2) is 0 Å². The highest BCUT2D eigenvalue weighted by atomic mass is 16.5. The van der Waals surface area contributed by atoms with Crippen molar-refractivity contribution in [2.45, 2.75) is 63.6 Å². The lowest BCUT2D eigenvalue weighted by molar-refractivity contribution is -0.0963. The van der Waals surface area contributed by atoms with Gasteiger partial charge in [-0.15, -0.1) is 0 Å². The van der Waals surface area contributed by atoms with Gasteiger partial charge in [0.05, 0.1) is 11.7 Å². The standard InChI is InChI=1S/C18H27NO/c1-2-19-14-18(12-5-6-13-18)20-17-11-7-9-15-8-3-4-10-16(15)17/h3-4,8,10,17,19H,2,5-7,9,11-14H2,1H3. The minimum atomic E-state index is 0.0884. The van der Waals surface area contributed by atoms with Gasteiger partial charge in [0, 0.05) is 6.54 Å². The molecule has 0 radical (unpaired) electrons. The lowest BCUT2D eigenvalue weighted by atomic mass is 9.88. The van der Waals surface area contributed by atoms with Crippen molar-refractivity contribution < 1.29 is 4.74 Å². The van der Waals surface area contributed by atoms with Crippen LogP contribution in [0.4, 0.5) is 0 Å². The van der Waals surface area contributed by atoms with Crippen LogP contribution < -0.4 is 5.32 Å². The van der Waals surface area contributed by atoms with Crippen molar-refractivity contribution in [2.24, 2.45) is 0 Å². The van der Waals surface area contributed by atoms with E-state index in [1.165, 1.54) is 56.1 Å². The second kappa shape index (κ2) is 6.28. The van der Waals surface area contributed by atoms with Crippen molar-refractivity contribution in [3.63, 3.8) is 0 Å². The van der Waals surface area contributed by atoms with E-state index in [-0.39, 0.29) is 5.60 Å². The Kier molecular flexibility index (Phi) is 4.42. The molecule has 1 fully saturated rings. The van der Waals surface area contributed by atoms with Crippen molar-refractivity contribution in [3.05, 3.63) is 35.4 Å². The van der Waals surface area contributed by atoms with Crippen LogP contribution in [-0.4, -0.2) is 18.7 Å². The highest BCUT2D eigenvalue weighted by Gasteiger charge is 2.37. The van der Waals surface area contributed by atoms with Crippen LogP contribution in [0.25, 0.3) is 0 Å². The Balaban J connectivity index is 1.76. The highest BCUT2D eigenvalue weighted by Crippen LogP contribution is 2.41. The number of aryl methyl sites for hydroxylation is 1. The van der Waals surface area contributed by atoms with E-state index >= 15 is 0 Å². The van der Waals surface area contributed by atoms with Crippen LogP contribution in [0, 0.1) is 0 Å². The zero-order valence-corrected chi connectivity index (χ0v) is 12.7. The van der Waals surface area contributed by atoms with Crippen LogP contribution in [-0.2, 0) is 11.2 Å². The molecule has 2 heteroatoms. The fourth-order valence-corrected chi connectivity index (χ4v) is 3.84. The van der Waals surface area contributed by atoms with Crippen LogP contribution in [0.2, 0.25) is 0 Å². The van der Waals surface area contributed by atoms with Gasteiger partial charge in [-0.05, 0) is 49.8 Å². The molecule has 1 atom stereocenters. The second-order valence-corrected chi connectivity index (χ2v) is 6.37. The zero-order valence-electron chi connectivity index (χ0n) is 12.7. The summed E-state index contributed by atoms with van der Waals surface area (Å²) in [5, 5.41) is 3.52. The van der Waals surface area contributed by atoms with Crippen molar-refractivity contribution >= 4 is 0 Å². The topological polar surface area (TPSA) is 21.3 Å². The molecule has 1 aromatic carbocycles. The summed E-state index contributed by atoms with van der Waals surface area (Å²) in [6, 6.07) is 8.86. The molecule has 1 unspecified atom stereocenters. The van der Waals surface area contributed by atoms with E-state index in [0.717, 1.165) is 13.1 Å². The molecular weight excluding hydrogens is 246 g/mol. The van der Waals surface area contributed by atoms with Gasteiger partial charge < -0.3 is 10.1 Å². The smallest absolute Gasteiger partial charge is 0.0835 e. The van der Waals surface area contributed by atoms with Gasteiger partial charge >= 0.3 is 0 Å². The SMILES string of the molecule is CCNCC1(OC2CCCc3ccccc32)CCCC1. The number of benzene rings is 1. The minimum absolute atomic E-state index is 0.0884. The maximum atomic E-state index is 6.71. The molecule has 1 aromatic rings. The van der Waals surface area contributed by atoms with Gasteiger partial charge in [-0.2, -0.15) is 0 Å². The molecule has 0 aliphatic heterocycles. The molecule has 1 N–H and O–H groups in total. The van der Waals surface area contributed by atoms with Crippen molar-refractivity contribution in [2.75, 3.05) is 13.1 Å². The third-order valence-corrected chi connectivity index (χ3v) is 4.92. The Morgan fingerprint density at radius 3 is 2.80 bits per heavy atom. The second-order valence-electron chi connectivity index (χ2n) is 6.37. The number of likely N-dealkylation sites (N-methyl/N-ethyl adjacent to an activating group) is 1. The predicted octanol–water partition coefficient (Wildman–Crippen LogP) is 4.00. The number of rotatable bonds is 5. The van der Waals surface area contributed by atoms with Gasteiger partial charge in [0.25, 0.3) is 0 Å². The first kappa shape index (κ1) is 14.1. The van der Waals surface area contributed by atoms with Crippen molar-refractivity contribution in [1.29, 1.82) is 0 Å². The summed E-state index contributed by atoms with van der Waals surface area (Å²) in [6.45, 7) is 4.23. The van der Waals surface area contributed by atoms with E-state index in [9.17, 15) is 0 Å². The van der Waals surface area contributed by atoms with E-state index in [2.05, 4.69) is 36.5 Å². The average Bonchev–Trinajstić information content (AvgIpc) is 2.95. The Bertz CT molecular complexity index is 437. The van der Waals surface area contributed by atoms with Crippen LogP contribution in [0.1, 0.15) is 62.7 Å². The Labute approximate surface area is 122 Å². The summed E-state index contributed by atoms with van der Waals surface area (Å²) in [4.78, 5) is 0. The Hall–Kier alpha value is -0.860. The zero-order chi connectivity index (χ0) is 13.8. The summed E-state index contributed by atoms with van der Waals surface area (Å²) < 4.78 is 6.71. The van der Waals surface area contributed by atoms with Gasteiger partial charge in [0.1, 0.15) is 0 Å². The molecule has 0 bridgehead atoms. The summed E-state index contributed by atoms with van der Waals surface area (Å²) in [6.07, 6.45) is 9.06. The summed E-state index contributed by atoms with van der Waals surface area (Å²) in [5.74, 6) is 0. The molecule has 2 aliphatic carbocycles. The van der Waals surface area contributed by atoms with Crippen molar-refractivity contribution in [3.8, 4) is 0 Å². The molecule has 2 nitrogen and oxygen atoms in total. The molecular formula is C18H27NO. The first-order chi connectivity index (χ1) is 9.83. The lowest BCUT2D eigenvalue weighted by Gasteiger charge is -2.37. The van der Waals surface area contributed by atoms with Crippen LogP contribution >= 0.6 is 0 Å². The number of hydrogen-bond donors (Lipinski definition) is 1. The van der Waals surface area contributed by atoms with Crippen LogP contribution in [0.3, 0.4) is 0 Å². The van der Waals surface area contributed by atoms with E-state index in [0.29, 0.717) is 6.10 Å².